The van der Waals surface area contributed by atoms with E-state index in [0.29, 0.717) is 5.56 Å². The van der Waals surface area contributed by atoms with Gasteiger partial charge >= 0.3 is 7.12 Å². The number of benzene rings is 1. The highest BCUT2D eigenvalue weighted by Gasteiger charge is 2.52. The third-order valence-corrected chi connectivity index (χ3v) is 5.39. The van der Waals surface area contributed by atoms with Crippen molar-refractivity contribution in [3.8, 4) is 0 Å². The van der Waals surface area contributed by atoms with Crippen LogP contribution in [-0.4, -0.2) is 42.2 Å². The summed E-state index contributed by atoms with van der Waals surface area (Å²) in [6.07, 6.45) is 3.21. The average molecular weight is 333 g/mol. The van der Waals surface area contributed by atoms with Gasteiger partial charge in [-0.25, -0.2) is 4.39 Å². The third kappa shape index (κ3) is 3.09. The molecular weight excluding hydrogens is 308 g/mol. The molecule has 3 rings (SSSR count). The Morgan fingerprint density at radius 3 is 2.25 bits per heavy atom. The monoisotopic (exact) mass is 333 g/mol. The van der Waals surface area contributed by atoms with Gasteiger partial charge in [-0.3, -0.25) is 4.79 Å². The lowest BCUT2D eigenvalue weighted by molar-refractivity contribution is 0.00578. The number of hydrogen-bond acceptors (Lipinski definition) is 3. The Kier molecular flexibility index (Phi) is 4.47. The lowest BCUT2D eigenvalue weighted by Crippen LogP contribution is -2.41. The van der Waals surface area contributed by atoms with E-state index in [1.54, 1.807) is 12.1 Å². The van der Waals surface area contributed by atoms with Crippen LogP contribution in [0.2, 0.25) is 0 Å². The Hall–Kier alpha value is -1.40. The molecule has 0 aliphatic carbocycles. The lowest BCUT2D eigenvalue weighted by atomic mass is 9.78. The van der Waals surface area contributed by atoms with Crippen molar-refractivity contribution in [3.05, 3.63) is 29.6 Å². The summed E-state index contributed by atoms with van der Waals surface area (Å²) in [5.41, 5.74) is -0.312. The summed E-state index contributed by atoms with van der Waals surface area (Å²) < 4.78 is 26.2. The highest BCUT2D eigenvalue weighted by atomic mass is 19.1. The van der Waals surface area contributed by atoms with Crippen molar-refractivity contribution in [1.82, 2.24) is 4.90 Å². The summed E-state index contributed by atoms with van der Waals surface area (Å²) in [5, 5.41) is 0. The summed E-state index contributed by atoms with van der Waals surface area (Å²) in [5.74, 6) is -0.462. The van der Waals surface area contributed by atoms with Crippen LogP contribution in [0.3, 0.4) is 0 Å². The van der Waals surface area contributed by atoms with Gasteiger partial charge < -0.3 is 14.2 Å². The van der Waals surface area contributed by atoms with Crippen molar-refractivity contribution in [2.45, 2.75) is 58.2 Å². The molecular formula is C18H25BFNO3. The molecule has 130 valence electrons. The molecule has 2 heterocycles. The Bertz CT molecular complexity index is 625. The molecule has 24 heavy (non-hydrogen) atoms. The van der Waals surface area contributed by atoms with Crippen molar-refractivity contribution in [2.24, 2.45) is 0 Å². The van der Waals surface area contributed by atoms with Crippen LogP contribution < -0.4 is 5.46 Å². The molecule has 2 aliphatic heterocycles. The van der Waals surface area contributed by atoms with Crippen molar-refractivity contribution in [1.29, 1.82) is 0 Å². The van der Waals surface area contributed by atoms with Gasteiger partial charge in [-0.2, -0.15) is 0 Å². The number of hydrogen-bond donors (Lipinski definition) is 0. The first-order valence-electron chi connectivity index (χ1n) is 8.66. The van der Waals surface area contributed by atoms with Crippen LogP contribution in [0.25, 0.3) is 0 Å². The van der Waals surface area contributed by atoms with Gasteiger partial charge in [0.05, 0.1) is 11.2 Å². The maximum absolute atomic E-state index is 14.3. The normalized spacial score (nSPS) is 22.7. The fourth-order valence-electron chi connectivity index (χ4n) is 3.11. The molecule has 2 fully saturated rings. The van der Waals surface area contributed by atoms with Crippen LogP contribution in [0.15, 0.2) is 18.2 Å². The molecule has 0 unspecified atom stereocenters. The second-order valence-corrected chi connectivity index (χ2v) is 7.68. The molecule has 1 aromatic rings. The van der Waals surface area contributed by atoms with Crippen LogP contribution in [0.4, 0.5) is 4.39 Å². The average Bonchev–Trinajstić information content (AvgIpc) is 2.76. The van der Waals surface area contributed by atoms with E-state index in [1.807, 2.05) is 32.6 Å². The summed E-state index contributed by atoms with van der Waals surface area (Å²) in [7, 11) is -0.802. The van der Waals surface area contributed by atoms with E-state index in [1.165, 1.54) is 6.07 Å². The molecule has 0 saturated carbocycles. The Morgan fingerprint density at radius 1 is 1.08 bits per heavy atom. The van der Waals surface area contributed by atoms with Gasteiger partial charge in [-0.05, 0) is 65.2 Å². The van der Waals surface area contributed by atoms with E-state index >= 15 is 0 Å². The predicted octanol–water partition coefficient (Wildman–Crippen LogP) is 2.75. The number of amides is 1. The number of nitrogens with zero attached hydrogens (tertiary/aromatic N) is 1. The molecule has 1 amide bonds. The van der Waals surface area contributed by atoms with Gasteiger partial charge in [0.2, 0.25) is 0 Å². The van der Waals surface area contributed by atoms with E-state index in [-0.39, 0.29) is 11.4 Å². The van der Waals surface area contributed by atoms with Gasteiger partial charge in [0.1, 0.15) is 5.82 Å². The molecule has 4 nitrogen and oxygen atoms in total. The van der Waals surface area contributed by atoms with Gasteiger partial charge in [0.15, 0.2) is 0 Å². The third-order valence-electron chi connectivity index (χ3n) is 5.39. The molecule has 0 radical (unpaired) electrons. The van der Waals surface area contributed by atoms with Crippen LogP contribution in [0, 0.1) is 5.82 Å². The Morgan fingerprint density at radius 2 is 1.67 bits per heavy atom. The van der Waals surface area contributed by atoms with Gasteiger partial charge in [-0.1, -0.05) is 0 Å². The highest BCUT2D eigenvalue weighted by Crippen LogP contribution is 2.36. The molecule has 6 heteroatoms. The number of likely N-dealkylation sites (tertiary alicyclic amines) is 1. The molecule has 0 aromatic heterocycles. The molecule has 1 aromatic carbocycles. The Labute approximate surface area is 143 Å². The van der Waals surface area contributed by atoms with Gasteiger partial charge in [0.25, 0.3) is 5.91 Å². The van der Waals surface area contributed by atoms with Crippen LogP contribution in [0.5, 0.6) is 0 Å². The number of halogens is 1. The molecule has 0 atom stereocenters. The summed E-state index contributed by atoms with van der Waals surface area (Å²) >= 11 is 0. The maximum atomic E-state index is 14.3. The second-order valence-electron chi connectivity index (χ2n) is 7.68. The van der Waals surface area contributed by atoms with E-state index in [4.69, 9.17) is 9.31 Å². The van der Waals surface area contributed by atoms with Crippen LogP contribution in [-0.2, 0) is 9.31 Å². The van der Waals surface area contributed by atoms with Crippen molar-refractivity contribution < 1.29 is 18.5 Å². The number of carbonyl (C=O) groups is 1. The van der Waals surface area contributed by atoms with Crippen molar-refractivity contribution in [2.75, 3.05) is 13.1 Å². The van der Waals surface area contributed by atoms with Crippen molar-refractivity contribution in [3.63, 3.8) is 0 Å². The van der Waals surface area contributed by atoms with Crippen molar-refractivity contribution >= 4 is 18.5 Å². The molecule has 2 saturated heterocycles. The van der Waals surface area contributed by atoms with Crippen LogP contribution in [0.1, 0.15) is 57.3 Å². The summed E-state index contributed by atoms with van der Waals surface area (Å²) in [6.45, 7) is 9.23. The smallest absolute Gasteiger partial charge is 0.399 e. The summed E-state index contributed by atoms with van der Waals surface area (Å²) in [4.78, 5) is 14.5. The first-order valence-corrected chi connectivity index (χ1v) is 8.66. The zero-order valence-corrected chi connectivity index (χ0v) is 14.9. The quantitative estimate of drug-likeness (QED) is 0.781. The zero-order valence-electron chi connectivity index (χ0n) is 14.9. The first kappa shape index (κ1) is 17.4. The molecule has 0 N–H and O–H groups in total. The first-order chi connectivity index (χ1) is 11.2. The van der Waals surface area contributed by atoms with Gasteiger partial charge in [0, 0.05) is 24.1 Å². The maximum Gasteiger partial charge on any atom is 0.497 e. The van der Waals surface area contributed by atoms with E-state index < -0.39 is 24.1 Å². The fraction of sp³-hybridized carbons (Fsp3) is 0.611. The lowest BCUT2D eigenvalue weighted by Gasteiger charge is -2.32. The Balaban J connectivity index is 1.86. The minimum atomic E-state index is -0.802. The number of piperidine rings is 1. The second kappa shape index (κ2) is 6.15. The van der Waals surface area contributed by atoms with Crippen LogP contribution >= 0.6 is 0 Å². The fourth-order valence-corrected chi connectivity index (χ4v) is 3.11. The van der Waals surface area contributed by atoms with Gasteiger partial charge in [-0.15, -0.1) is 0 Å². The van der Waals surface area contributed by atoms with E-state index in [2.05, 4.69) is 0 Å². The number of carbonyl (C=O) groups excluding carboxylic acids is 1. The molecule has 0 bridgehead atoms. The largest absolute Gasteiger partial charge is 0.497 e. The molecule has 2 aliphatic rings. The predicted molar refractivity (Wildman–Crippen MR) is 91.9 cm³/mol. The SMILES string of the molecule is CC1(C)OB(c2cc(C(=O)N3CCCCC3)ccc2F)OC1(C)C. The summed E-state index contributed by atoms with van der Waals surface area (Å²) in [6, 6.07) is 4.45. The standard InChI is InChI=1S/C18H25BFNO3/c1-17(2)18(3,4)24-19(23-17)14-12-13(8-9-15(14)20)16(22)21-10-6-5-7-11-21/h8-9,12H,5-7,10-11H2,1-4H3. The highest BCUT2D eigenvalue weighted by molar-refractivity contribution is 6.62. The zero-order chi connectivity index (χ0) is 17.5. The number of rotatable bonds is 2. The molecule has 0 spiro atoms. The minimum Gasteiger partial charge on any atom is -0.399 e. The topological polar surface area (TPSA) is 38.8 Å². The minimum absolute atomic E-state index is 0.0486. The van der Waals surface area contributed by atoms with E-state index in [9.17, 15) is 9.18 Å². The van der Waals surface area contributed by atoms with E-state index in [0.717, 1.165) is 32.4 Å².